The number of nitrogens with zero attached hydrogens (tertiary/aromatic N) is 1. The molecule has 0 aromatic heterocycles. The van der Waals surface area contributed by atoms with Crippen LogP contribution in [0.25, 0.3) is 6.08 Å². The predicted octanol–water partition coefficient (Wildman–Crippen LogP) is 3.67. The molecule has 2 aromatic carbocycles. The molecule has 0 radical (unpaired) electrons. The first-order chi connectivity index (χ1) is 14.4. The van der Waals surface area contributed by atoms with Crippen molar-refractivity contribution >= 4 is 18.2 Å². The highest BCUT2D eigenvalue weighted by atomic mass is 16.7. The van der Waals surface area contributed by atoms with Crippen LogP contribution in [0.3, 0.4) is 0 Å². The van der Waals surface area contributed by atoms with Crippen molar-refractivity contribution in [1.29, 1.82) is 0 Å². The van der Waals surface area contributed by atoms with Crippen LogP contribution in [0.15, 0.2) is 47.6 Å². The van der Waals surface area contributed by atoms with E-state index in [1.165, 1.54) is 6.21 Å². The molecule has 0 saturated heterocycles. The zero-order chi connectivity index (χ0) is 21.1. The minimum absolute atomic E-state index is 0.0256. The van der Waals surface area contributed by atoms with Gasteiger partial charge in [-0.05, 0) is 46.9 Å². The molecular weight excluding hydrogens is 384 g/mol. The van der Waals surface area contributed by atoms with Gasteiger partial charge in [-0.15, -0.1) is 0 Å². The summed E-state index contributed by atoms with van der Waals surface area (Å²) in [6.45, 7) is 6.73. The molecule has 0 bridgehead atoms. The van der Waals surface area contributed by atoms with Gasteiger partial charge in [0.1, 0.15) is 6.61 Å². The van der Waals surface area contributed by atoms with Crippen LogP contribution in [0, 0.1) is 0 Å². The third kappa shape index (κ3) is 4.40. The van der Waals surface area contributed by atoms with Gasteiger partial charge in [-0.25, -0.2) is 5.43 Å². The van der Waals surface area contributed by atoms with Gasteiger partial charge in [0.05, 0.1) is 0 Å². The molecule has 2 aromatic rings. The summed E-state index contributed by atoms with van der Waals surface area (Å²) in [4.78, 5) is 12.4. The smallest absolute Gasteiger partial charge is 0.284 e. The SMILES string of the molecule is CC(C)(C)c1ccc2c(c1)O[C@H](C(=O)N/N=C/C=C/c1ccc3c(c1)OCO3)CO2. The van der Waals surface area contributed by atoms with Crippen molar-refractivity contribution < 1.29 is 23.7 Å². The van der Waals surface area contributed by atoms with Crippen molar-refractivity contribution in [3.63, 3.8) is 0 Å². The second-order valence-corrected chi connectivity index (χ2v) is 8.06. The normalized spacial score (nSPS) is 17.5. The number of carbonyl (C=O) groups excluding carboxylic acids is 1. The first-order valence-electron chi connectivity index (χ1n) is 9.73. The highest BCUT2D eigenvalue weighted by molar-refractivity contribution is 5.84. The van der Waals surface area contributed by atoms with E-state index in [0.717, 1.165) is 16.9 Å². The fourth-order valence-electron chi connectivity index (χ4n) is 3.05. The van der Waals surface area contributed by atoms with Crippen molar-refractivity contribution in [3.8, 4) is 23.0 Å². The molecular formula is C23H24N2O5. The fourth-order valence-corrected chi connectivity index (χ4v) is 3.05. The Hall–Kier alpha value is -3.48. The Bertz CT molecular complexity index is 1010. The summed E-state index contributed by atoms with van der Waals surface area (Å²) in [5, 5.41) is 3.94. The molecule has 1 amide bonds. The number of hydrazone groups is 1. The summed E-state index contributed by atoms with van der Waals surface area (Å²) in [5.41, 5.74) is 4.51. The Morgan fingerprint density at radius 3 is 2.63 bits per heavy atom. The van der Waals surface area contributed by atoms with Crippen molar-refractivity contribution in [2.45, 2.75) is 32.3 Å². The van der Waals surface area contributed by atoms with Crippen LogP contribution >= 0.6 is 0 Å². The van der Waals surface area contributed by atoms with Gasteiger partial charge in [-0.2, -0.15) is 5.10 Å². The van der Waals surface area contributed by atoms with Crippen LogP contribution in [0.4, 0.5) is 0 Å². The molecule has 0 unspecified atom stereocenters. The predicted molar refractivity (Wildman–Crippen MR) is 113 cm³/mol. The van der Waals surface area contributed by atoms with Crippen molar-refractivity contribution in [3.05, 3.63) is 53.6 Å². The number of allylic oxidation sites excluding steroid dienone is 1. The third-order valence-corrected chi connectivity index (χ3v) is 4.78. The van der Waals surface area contributed by atoms with E-state index >= 15 is 0 Å². The van der Waals surface area contributed by atoms with Crippen LogP contribution in [-0.4, -0.2) is 31.6 Å². The van der Waals surface area contributed by atoms with Crippen LogP contribution in [0.2, 0.25) is 0 Å². The first kappa shape index (κ1) is 19.8. The van der Waals surface area contributed by atoms with Crippen molar-refractivity contribution in [1.82, 2.24) is 5.43 Å². The minimum atomic E-state index is -0.761. The molecule has 2 heterocycles. The number of fused-ring (bicyclic) bond motifs is 2. The van der Waals surface area contributed by atoms with Gasteiger partial charge in [0, 0.05) is 6.21 Å². The molecule has 0 spiro atoms. The number of amides is 1. The van der Waals surface area contributed by atoms with E-state index in [0.29, 0.717) is 17.2 Å². The first-order valence-corrected chi connectivity index (χ1v) is 9.73. The van der Waals surface area contributed by atoms with Gasteiger partial charge in [-0.1, -0.05) is 39.0 Å². The topological polar surface area (TPSA) is 78.4 Å². The second kappa shape index (κ2) is 8.10. The Balaban J connectivity index is 1.32. The lowest BCUT2D eigenvalue weighted by molar-refractivity contribution is -0.130. The van der Waals surface area contributed by atoms with E-state index < -0.39 is 6.10 Å². The lowest BCUT2D eigenvalue weighted by Crippen LogP contribution is -2.42. The van der Waals surface area contributed by atoms with E-state index in [2.05, 4.69) is 31.3 Å². The molecule has 7 nitrogen and oxygen atoms in total. The minimum Gasteiger partial charge on any atom is -0.485 e. The van der Waals surface area contributed by atoms with E-state index in [4.69, 9.17) is 18.9 Å². The summed E-state index contributed by atoms with van der Waals surface area (Å²) in [6, 6.07) is 11.5. The van der Waals surface area contributed by atoms with Crippen molar-refractivity contribution in [2.75, 3.05) is 13.4 Å². The highest BCUT2D eigenvalue weighted by Crippen LogP contribution is 2.36. The monoisotopic (exact) mass is 408 g/mol. The van der Waals surface area contributed by atoms with E-state index in [9.17, 15) is 4.79 Å². The number of carbonyl (C=O) groups is 1. The molecule has 2 aliphatic heterocycles. The fraction of sp³-hybridized carbons (Fsp3) is 0.304. The van der Waals surface area contributed by atoms with Gasteiger partial charge < -0.3 is 18.9 Å². The van der Waals surface area contributed by atoms with E-state index in [-0.39, 0.29) is 24.7 Å². The van der Waals surface area contributed by atoms with E-state index in [1.807, 2.05) is 42.5 Å². The summed E-state index contributed by atoms with van der Waals surface area (Å²) in [7, 11) is 0. The number of nitrogens with one attached hydrogen (secondary N) is 1. The van der Waals surface area contributed by atoms with Crippen molar-refractivity contribution in [2.24, 2.45) is 5.10 Å². The zero-order valence-corrected chi connectivity index (χ0v) is 17.2. The molecule has 7 heteroatoms. The average Bonchev–Trinajstić information content (AvgIpc) is 3.19. The number of hydrogen-bond donors (Lipinski definition) is 1. The Morgan fingerprint density at radius 1 is 1.03 bits per heavy atom. The largest absolute Gasteiger partial charge is 0.485 e. The maximum Gasteiger partial charge on any atom is 0.284 e. The van der Waals surface area contributed by atoms with Crippen LogP contribution in [-0.2, 0) is 10.2 Å². The van der Waals surface area contributed by atoms with Crippen LogP contribution in [0.5, 0.6) is 23.0 Å². The van der Waals surface area contributed by atoms with Gasteiger partial charge >= 0.3 is 0 Å². The Labute approximate surface area is 175 Å². The lowest BCUT2D eigenvalue weighted by atomic mass is 9.87. The molecule has 4 rings (SSSR count). The van der Waals surface area contributed by atoms with Gasteiger partial charge in [0.25, 0.3) is 5.91 Å². The third-order valence-electron chi connectivity index (χ3n) is 4.78. The maximum absolute atomic E-state index is 12.4. The molecule has 1 N–H and O–H groups in total. The summed E-state index contributed by atoms with van der Waals surface area (Å²) in [5.74, 6) is 2.29. The van der Waals surface area contributed by atoms with Gasteiger partial charge in [-0.3, -0.25) is 4.79 Å². The van der Waals surface area contributed by atoms with Gasteiger partial charge in [0.2, 0.25) is 12.9 Å². The zero-order valence-electron chi connectivity index (χ0n) is 17.2. The lowest BCUT2D eigenvalue weighted by Gasteiger charge is -2.27. The Morgan fingerprint density at radius 2 is 1.80 bits per heavy atom. The quantitative estimate of drug-likeness (QED) is 0.617. The van der Waals surface area contributed by atoms with Gasteiger partial charge in [0.15, 0.2) is 23.0 Å². The Kier molecular flexibility index (Phi) is 5.35. The summed E-state index contributed by atoms with van der Waals surface area (Å²) in [6.07, 6.45) is 4.31. The highest BCUT2D eigenvalue weighted by Gasteiger charge is 2.28. The second-order valence-electron chi connectivity index (χ2n) is 8.06. The molecule has 0 saturated carbocycles. The number of benzene rings is 2. The standard InChI is InChI=1S/C23H24N2O5/c1-23(2,3)16-7-9-18-20(12-16)30-21(13-27-18)22(26)25-24-10-4-5-15-6-8-17-19(11-15)29-14-28-17/h4-12,21H,13-14H2,1-3H3,(H,25,26)/b5-4+,24-10+/t21-/m0/s1. The molecule has 2 aliphatic rings. The average molecular weight is 408 g/mol. The molecule has 30 heavy (non-hydrogen) atoms. The number of hydrogen-bond acceptors (Lipinski definition) is 6. The number of ether oxygens (including phenoxy) is 4. The summed E-state index contributed by atoms with van der Waals surface area (Å²) < 4.78 is 22.1. The number of rotatable bonds is 4. The molecule has 156 valence electrons. The van der Waals surface area contributed by atoms with E-state index in [1.54, 1.807) is 6.08 Å². The molecule has 1 atom stereocenters. The van der Waals surface area contributed by atoms with Crippen LogP contribution in [0.1, 0.15) is 31.9 Å². The van der Waals surface area contributed by atoms with Crippen LogP contribution < -0.4 is 24.4 Å². The summed E-state index contributed by atoms with van der Waals surface area (Å²) >= 11 is 0. The molecule has 0 aliphatic carbocycles. The molecule has 0 fully saturated rings. The maximum atomic E-state index is 12.4.